The summed E-state index contributed by atoms with van der Waals surface area (Å²) in [6, 6.07) is 13.0. The Kier molecular flexibility index (Phi) is 4.88. The smallest absolute Gasteiger partial charge is 0.241 e. The molecule has 0 spiro atoms. The largest absolute Gasteiger partial charge is 0.497 e. The Morgan fingerprint density at radius 3 is 2.38 bits per heavy atom. The third-order valence-corrected chi connectivity index (χ3v) is 4.84. The fraction of sp³-hybridized carbons (Fsp3) is 0.200. The Bertz CT molecular complexity index is 714. The van der Waals surface area contributed by atoms with E-state index < -0.39 is 10.0 Å². The summed E-state index contributed by atoms with van der Waals surface area (Å²) < 4.78 is 32.3. The van der Waals surface area contributed by atoms with Crippen molar-refractivity contribution in [3.8, 4) is 5.75 Å². The van der Waals surface area contributed by atoms with Crippen molar-refractivity contribution in [1.29, 1.82) is 0 Å². The van der Waals surface area contributed by atoms with Gasteiger partial charge in [0.1, 0.15) is 5.75 Å². The van der Waals surface area contributed by atoms with Gasteiger partial charge in [-0.05, 0) is 48.9 Å². The van der Waals surface area contributed by atoms with E-state index in [0.29, 0.717) is 10.8 Å². The Balaban J connectivity index is 2.20. The fourth-order valence-electron chi connectivity index (χ4n) is 1.90. The normalized spacial score (nSPS) is 12.9. The van der Waals surface area contributed by atoms with Crippen LogP contribution >= 0.6 is 11.6 Å². The number of ether oxygens (including phenoxy) is 1. The standard InChI is InChI=1S/C15H16ClNO3S/c1-11(12-4-3-5-13(16)10-12)17-21(18,19)15-8-6-14(20-2)7-9-15/h3-11,17H,1-2H3/t11-/m0/s1. The van der Waals surface area contributed by atoms with Gasteiger partial charge in [0.2, 0.25) is 10.0 Å². The molecule has 6 heteroatoms. The monoisotopic (exact) mass is 325 g/mol. The summed E-state index contributed by atoms with van der Waals surface area (Å²) in [6.45, 7) is 1.77. The number of halogens is 1. The highest BCUT2D eigenvalue weighted by atomic mass is 35.5. The van der Waals surface area contributed by atoms with Gasteiger partial charge in [0, 0.05) is 11.1 Å². The molecule has 4 nitrogen and oxygen atoms in total. The molecule has 0 aliphatic rings. The maximum atomic E-state index is 12.3. The summed E-state index contributed by atoms with van der Waals surface area (Å²) in [7, 11) is -2.06. The van der Waals surface area contributed by atoms with Crippen molar-refractivity contribution in [2.24, 2.45) is 0 Å². The van der Waals surface area contributed by atoms with E-state index in [0.717, 1.165) is 5.56 Å². The van der Waals surface area contributed by atoms with E-state index in [9.17, 15) is 8.42 Å². The van der Waals surface area contributed by atoms with Gasteiger partial charge in [-0.15, -0.1) is 0 Å². The van der Waals surface area contributed by atoms with Crippen LogP contribution in [0, 0.1) is 0 Å². The van der Waals surface area contributed by atoms with Crippen LogP contribution in [0.5, 0.6) is 5.75 Å². The van der Waals surface area contributed by atoms with Crippen LogP contribution in [0.2, 0.25) is 5.02 Å². The van der Waals surface area contributed by atoms with E-state index in [1.807, 2.05) is 6.07 Å². The third kappa shape index (κ3) is 3.97. The molecule has 0 bridgehead atoms. The quantitative estimate of drug-likeness (QED) is 0.916. The lowest BCUT2D eigenvalue weighted by Gasteiger charge is -2.15. The van der Waals surface area contributed by atoms with Gasteiger partial charge in [-0.2, -0.15) is 0 Å². The van der Waals surface area contributed by atoms with Crippen molar-refractivity contribution < 1.29 is 13.2 Å². The van der Waals surface area contributed by atoms with Crippen LogP contribution in [0.1, 0.15) is 18.5 Å². The van der Waals surface area contributed by atoms with Crippen LogP contribution in [0.25, 0.3) is 0 Å². The Morgan fingerprint density at radius 2 is 1.81 bits per heavy atom. The average Bonchev–Trinajstić information content (AvgIpc) is 2.47. The van der Waals surface area contributed by atoms with E-state index >= 15 is 0 Å². The van der Waals surface area contributed by atoms with Crippen molar-refractivity contribution in [1.82, 2.24) is 4.72 Å². The molecular formula is C15H16ClNO3S. The van der Waals surface area contributed by atoms with E-state index in [1.54, 1.807) is 37.3 Å². The first kappa shape index (κ1) is 15.8. The molecule has 0 heterocycles. The van der Waals surface area contributed by atoms with Crippen LogP contribution in [-0.2, 0) is 10.0 Å². The first-order valence-electron chi connectivity index (χ1n) is 6.34. The summed E-state index contributed by atoms with van der Waals surface area (Å²) >= 11 is 5.92. The SMILES string of the molecule is COc1ccc(S(=O)(=O)N[C@@H](C)c2cccc(Cl)c2)cc1. The molecule has 0 unspecified atom stereocenters. The second kappa shape index (κ2) is 6.47. The minimum atomic E-state index is -3.59. The van der Waals surface area contributed by atoms with Crippen molar-refractivity contribution in [3.05, 3.63) is 59.1 Å². The lowest BCUT2D eigenvalue weighted by molar-refractivity contribution is 0.414. The van der Waals surface area contributed by atoms with Crippen molar-refractivity contribution in [2.45, 2.75) is 17.9 Å². The van der Waals surface area contributed by atoms with E-state index in [4.69, 9.17) is 16.3 Å². The van der Waals surface area contributed by atoms with Crippen LogP contribution in [0.3, 0.4) is 0 Å². The molecule has 0 aliphatic heterocycles. The lowest BCUT2D eigenvalue weighted by atomic mass is 10.1. The number of hydrogen-bond donors (Lipinski definition) is 1. The number of benzene rings is 2. The summed E-state index contributed by atoms with van der Waals surface area (Å²) in [5.74, 6) is 0.608. The maximum absolute atomic E-state index is 12.3. The second-order valence-electron chi connectivity index (χ2n) is 4.57. The van der Waals surface area contributed by atoms with Crippen LogP contribution in [0.15, 0.2) is 53.4 Å². The number of sulfonamides is 1. The molecule has 0 saturated heterocycles. The number of nitrogens with one attached hydrogen (secondary N) is 1. The average molecular weight is 326 g/mol. The van der Waals surface area contributed by atoms with E-state index in [1.165, 1.54) is 19.2 Å². The summed E-state index contributed by atoms with van der Waals surface area (Å²) in [6.07, 6.45) is 0. The van der Waals surface area contributed by atoms with Gasteiger partial charge < -0.3 is 4.74 Å². The highest BCUT2D eigenvalue weighted by Gasteiger charge is 2.18. The summed E-state index contributed by atoms with van der Waals surface area (Å²) in [5.41, 5.74) is 0.805. The highest BCUT2D eigenvalue weighted by molar-refractivity contribution is 7.89. The number of hydrogen-bond acceptors (Lipinski definition) is 3. The lowest BCUT2D eigenvalue weighted by Crippen LogP contribution is -2.26. The van der Waals surface area contributed by atoms with E-state index in [2.05, 4.69) is 4.72 Å². The van der Waals surface area contributed by atoms with Crippen LogP contribution < -0.4 is 9.46 Å². The molecule has 2 aromatic carbocycles. The third-order valence-electron chi connectivity index (χ3n) is 3.05. The second-order valence-corrected chi connectivity index (χ2v) is 6.72. The molecule has 2 rings (SSSR count). The van der Waals surface area contributed by atoms with Gasteiger partial charge in [-0.1, -0.05) is 23.7 Å². The molecule has 1 N–H and O–H groups in total. The highest BCUT2D eigenvalue weighted by Crippen LogP contribution is 2.21. The molecule has 1 atom stereocenters. The first-order valence-corrected chi connectivity index (χ1v) is 8.20. The zero-order chi connectivity index (χ0) is 15.5. The molecule has 21 heavy (non-hydrogen) atoms. The number of methoxy groups -OCH3 is 1. The van der Waals surface area contributed by atoms with Crippen LogP contribution in [-0.4, -0.2) is 15.5 Å². The zero-order valence-corrected chi connectivity index (χ0v) is 13.3. The summed E-state index contributed by atoms with van der Waals surface area (Å²) in [5, 5.41) is 0.572. The Hall–Kier alpha value is -1.56. The molecular weight excluding hydrogens is 310 g/mol. The van der Waals surface area contributed by atoms with E-state index in [-0.39, 0.29) is 10.9 Å². The van der Waals surface area contributed by atoms with Gasteiger partial charge in [-0.25, -0.2) is 13.1 Å². The number of rotatable bonds is 5. The molecule has 0 radical (unpaired) electrons. The molecule has 0 fully saturated rings. The molecule has 112 valence electrons. The van der Waals surface area contributed by atoms with Gasteiger partial charge in [0.15, 0.2) is 0 Å². The first-order chi connectivity index (χ1) is 9.92. The molecule has 0 amide bonds. The minimum absolute atomic E-state index is 0.192. The van der Waals surface area contributed by atoms with Crippen molar-refractivity contribution in [3.63, 3.8) is 0 Å². The fourth-order valence-corrected chi connectivity index (χ4v) is 3.33. The molecule has 2 aromatic rings. The van der Waals surface area contributed by atoms with Gasteiger partial charge in [0.05, 0.1) is 12.0 Å². The van der Waals surface area contributed by atoms with Crippen LogP contribution in [0.4, 0.5) is 0 Å². The van der Waals surface area contributed by atoms with Crippen molar-refractivity contribution in [2.75, 3.05) is 7.11 Å². The minimum Gasteiger partial charge on any atom is -0.497 e. The molecule has 0 saturated carbocycles. The van der Waals surface area contributed by atoms with Crippen molar-refractivity contribution >= 4 is 21.6 Å². The summed E-state index contributed by atoms with van der Waals surface area (Å²) in [4.78, 5) is 0.192. The predicted molar refractivity (Wildman–Crippen MR) is 83.2 cm³/mol. The molecule has 0 aliphatic carbocycles. The van der Waals surface area contributed by atoms with Gasteiger partial charge >= 0.3 is 0 Å². The van der Waals surface area contributed by atoms with Gasteiger partial charge in [-0.3, -0.25) is 0 Å². The molecule has 0 aromatic heterocycles. The van der Waals surface area contributed by atoms with Gasteiger partial charge in [0.25, 0.3) is 0 Å². The predicted octanol–water partition coefficient (Wildman–Crippen LogP) is 3.39. The zero-order valence-electron chi connectivity index (χ0n) is 11.7. The Morgan fingerprint density at radius 1 is 1.14 bits per heavy atom. The topological polar surface area (TPSA) is 55.4 Å². The Labute approximate surface area is 129 Å². The maximum Gasteiger partial charge on any atom is 0.241 e.